The lowest BCUT2D eigenvalue weighted by Gasteiger charge is -2.18. The second-order valence-electron chi connectivity index (χ2n) is 6.46. The molecule has 2 aromatic carbocycles. The Bertz CT molecular complexity index is 947. The highest BCUT2D eigenvalue weighted by Gasteiger charge is 2.17. The molecule has 0 fully saturated rings. The van der Waals surface area contributed by atoms with Crippen LogP contribution in [0.25, 0.3) is 11.0 Å². The summed E-state index contributed by atoms with van der Waals surface area (Å²) in [5.74, 6) is 1.51. The van der Waals surface area contributed by atoms with Gasteiger partial charge in [-0.25, -0.2) is 4.98 Å². The Kier molecular flexibility index (Phi) is 4.34. The lowest BCUT2D eigenvalue weighted by atomic mass is 10.2. The van der Waals surface area contributed by atoms with Gasteiger partial charge in [-0.2, -0.15) is 0 Å². The number of carbonyl (C=O) groups excluding carboxylic acids is 1. The summed E-state index contributed by atoms with van der Waals surface area (Å²) < 4.78 is 13.2. The summed E-state index contributed by atoms with van der Waals surface area (Å²) >= 11 is 0. The van der Waals surface area contributed by atoms with Crippen LogP contribution in [0.1, 0.15) is 11.4 Å². The van der Waals surface area contributed by atoms with Crippen molar-refractivity contribution in [2.24, 2.45) is 0 Å². The van der Waals surface area contributed by atoms with E-state index in [0.29, 0.717) is 19.0 Å². The van der Waals surface area contributed by atoms with Gasteiger partial charge in [0.25, 0.3) is 5.91 Å². The molecule has 0 aliphatic carbocycles. The Morgan fingerprint density at radius 2 is 2.08 bits per heavy atom. The molecule has 4 rings (SSSR count). The summed E-state index contributed by atoms with van der Waals surface area (Å²) in [7, 11) is 1.75. The van der Waals surface area contributed by atoms with Gasteiger partial charge >= 0.3 is 0 Å². The van der Waals surface area contributed by atoms with Crippen molar-refractivity contribution in [1.29, 1.82) is 0 Å². The number of amides is 1. The van der Waals surface area contributed by atoms with Gasteiger partial charge in [-0.05, 0) is 37.3 Å². The molecular weight excluding hydrogens is 330 g/mol. The van der Waals surface area contributed by atoms with E-state index in [0.717, 1.165) is 34.7 Å². The van der Waals surface area contributed by atoms with Gasteiger partial charge in [0.1, 0.15) is 18.2 Å². The number of aryl methyl sites for hydroxylation is 1. The van der Waals surface area contributed by atoms with E-state index in [1.54, 1.807) is 11.9 Å². The second-order valence-corrected chi connectivity index (χ2v) is 6.46. The normalized spacial score (nSPS) is 13.5. The van der Waals surface area contributed by atoms with Crippen LogP contribution in [-0.4, -0.2) is 35.7 Å². The Labute approximate surface area is 152 Å². The zero-order valence-corrected chi connectivity index (χ0v) is 14.9. The Hall–Kier alpha value is -2.86. The van der Waals surface area contributed by atoms with Crippen molar-refractivity contribution in [3.8, 4) is 5.75 Å². The molecule has 0 bridgehead atoms. The number of fused-ring (bicyclic) bond motifs is 3. The van der Waals surface area contributed by atoms with Crippen molar-refractivity contribution in [2.75, 3.05) is 25.2 Å². The van der Waals surface area contributed by atoms with E-state index in [1.807, 2.05) is 49.4 Å². The van der Waals surface area contributed by atoms with Crippen LogP contribution in [-0.2, 0) is 22.7 Å². The molecule has 0 N–H and O–H groups in total. The number of nitrogens with zero attached hydrogens (tertiary/aromatic N) is 3. The molecule has 0 saturated carbocycles. The molecule has 6 heteroatoms. The Balaban J connectivity index is 1.49. The van der Waals surface area contributed by atoms with Gasteiger partial charge in [-0.3, -0.25) is 4.79 Å². The monoisotopic (exact) mass is 351 g/mol. The van der Waals surface area contributed by atoms with Crippen LogP contribution < -0.4 is 9.64 Å². The van der Waals surface area contributed by atoms with Crippen LogP contribution in [0.5, 0.6) is 5.75 Å². The predicted octanol–water partition coefficient (Wildman–Crippen LogP) is 2.92. The third kappa shape index (κ3) is 3.15. The van der Waals surface area contributed by atoms with Crippen molar-refractivity contribution < 1.29 is 14.3 Å². The summed E-state index contributed by atoms with van der Waals surface area (Å²) in [6.45, 7) is 4.05. The van der Waals surface area contributed by atoms with E-state index < -0.39 is 0 Å². The van der Waals surface area contributed by atoms with E-state index in [2.05, 4.69) is 9.55 Å². The predicted molar refractivity (Wildman–Crippen MR) is 99.5 cm³/mol. The first-order valence-electron chi connectivity index (χ1n) is 8.65. The zero-order valence-electron chi connectivity index (χ0n) is 14.9. The number of hydrogen-bond acceptors (Lipinski definition) is 4. The van der Waals surface area contributed by atoms with E-state index in [1.165, 1.54) is 0 Å². The molecule has 3 aromatic rings. The highest BCUT2D eigenvalue weighted by atomic mass is 16.5. The standard InChI is InChI=1S/C20H21N3O3/c1-14-3-6-16(7-4-14)26-13-20(24)22(2)15-5-8-18-17(11-15)21-19-12-25-10-9-23(18)19/h3-8,11H,9-10,12-13H2,1-2H3. The SMILES string of the molecule is Cc1ccc(OCC(=O)N(C)c2ccc3c(c2)nc2n3CCOC2)cc1. The van der Waals surface area contributed by atoms with Gasteiger partial charge in [0.2, 0.25) is 0 Å². The van der Waals surface area contributed by atoms with Crippen LogP contribution >= 0.6 is 0 Å². The van der Waals surface area contributed by atoms with E-state index in [-0.39, 0.29) is 12.5 Å². The molecule has 1 amide bonds. The van der Waals surface area contributed by atoms with Gasteiger partial charge in [0.15, 0.2) is 6.61 Å². The summed E-state index contributed by atoms with van der Waals surface area (Å²) in [4.78, 5) is 18.7. The van der Waals surface area contributed by atoms with Gasteiger partial charge in [0, 0.05) is 19.3 Å². The van der Waals surface area contributed by atoms with Crippen molar-refractivity contribution in [1.82, 2.24) is 9.55 Å². The van der Waals surface area contributed by atoms with E-state index in [4.69, 9.17) is 9.47 Å². The maximum Gasteiger partial charge on any atom is 0.264 e. The average molecular weight is 351 g/mol. The molecule has 0 saturated heterocycles. The molecule has 26 heavy (non-hydrogen) atoms. The van der Waals surface area contributed by atoms with E-state index in [9.17, 15) is 4.79 Å². The van der Waals surface area contributed by atoms with Crippen molar-refractivity contribution >= 4 is 22.6 Å². The van der Waals surface area contributed by atoms with Gasteiger partial charge in [-0.1, -0.05) is 17.7 Å². The number of rotatable bonds is 4. The first-order valence-corrected chi connectivity index (χ1v) is 8.65. The van der Waals surface area contributed by atoms with E-state index >= 15 is 0 Å². The minimum Gasteiger partial charge on any atom is -0.484 e. The van der Waals surface area contributed by atoms with Crippen LogP contribution in [0.4, 0.5) is 5.69 Å². The first kappa shape index (κ1) is 16.6. The number of carbonyl (C=O) groups is 1. The number of hydrogen-bond donors (Lipinski definition) is 0. The fourth-order valence-corrected chi connectivity index (χ4v) is 3.08. The molecule has 1 aromatic heterocycles. The quantitative estimate of drug-likeness (QED) is 0.725. The van der Waals surface area contributed by atoms with Crippen LogP contribution in [0.3, 0.4) is 0 Å². The number of imidazole rings is 1. The van der Waals surface area contributed by atoms with Crippen molar-refractivity contribution in [2.45, 2.75) is 20.1 Å². The van der Waals surface area contributed by atoms with Gasteiger partial charge in [-0.15, -0.1) is 0 Å². The Morgan fingerprint density at radius 1 is 1.27 bits per heavy atom. The molecular formula is C20H21N3O3. The average Bonchev–Trinajstić information content (AvgIpc) is 3.04. The zero-order chi connectivity index (χ0) is 18.1. The second kappa shape index (κ2) is 6.80. The maximum absolute atomic E-state index is 12.5. The number of anilines is 1. The molecule has 0 spiro atoms. The summed E-state index contributed by atoms with van der Waals surface area (Å²) in [5.41, 5.74) is 3.90. The summed E-state index contributed by atoms with van der Waals surface area (Å²) in [6, 6.07) is 13.5. The minimum atomic E-state index is -0.114. The van der Waals surface area contributed by atoms with Crippen LogP contribution in [0, 0.1) is 6.92 Å². The fourth-order valence-electron chi connectivity index (χ4n) is 3.08. The summed E-state index contributed by atoms with van der Waals surface area (Å²) in [5, 5.41) is 0. The third-order valence-electron chi connectivity index (χ3n) is 4.65. The molecule has 1 aliphatic heterocycles. The van der Waals surface area contributed by atoms with Crippen LogP contribution in [0.15, 0.2) is 42.5 Å². The third-order valence-corrected chi connectivity index (χ3v) is 4.65. The van der Waals surface area contributed by atoms with Crippen LogP contribution in [0.2, 0.25) is 0 Å². The fraction of sp³-hybridized carbons (Fsp3) is 0.300. The lowest BCUT2D eigenvalue weighted by Crippen LogP contribution is -2.31. The minimum absolute atomic E-state index is 0.00880. The molecule has 0 unspecified atom stereocenters. The molecule has 0 atom stereocenters. The number of ether oxygens (including phenoxy) is 2. The van der Waals surface area contributed by atoms with Gasteiger partial charge in [0.05, 0.1) is 17.6 Å². The van der Waals surface area contributed by atoms with Gasteiger partial charge < -0.3 is 18.9 Å². The highest BCUT2D eigenvalue weighted by Crippen LogP contribution is 2.24. The topological polar surface area (TPSA) is 56.6 Å². The number of benzene rings is 2. The van der Waals surface area contributed by atoms with Crippen molar-refractivity contribution in [3.63, 3.8) is 0 Å². The smallest absolute Gasteiger partial charge is 0.264 e. The molecule has 134 valence electrons. The first-order chi connectivity index (χ1) is 12.6. The molecule has 0 radical (unpaired) electrons. The summed E-state index contributed by atoms with van der Waals surface area (Å²) in [6.07, 6.45) is 0. The molecule has 6 nitrogen and oxygen atoms in total. The van der Waals surface area contributed by atoms with Crippen molar-refractivity contribution in [3.05, 3.63) is 53.9 Å². The Morgan fingerprint density at radius 3 is 2.88 bits per heavy atom. The lowest BCUT2D eigenvalue weighted by molar-refractivity contribution is -0.120. The number of aromatic nitrogens is 2. The molecule has 2 heterocycles. The largest absolute Gasteiger partial charge is 0.484 e. The molecule has 1 aliphatic rings. The maximum atomic E-state index is 12.5. The highest BCUT2D eigenvalue weighted by molar-refractivity contribution is 5.95. The number of likely N-dealkylation sites (N-methyl/N-ethyl adjacent to an activating group) is 1.